The van der Waals surface area contributed by atoms with Crippen molar-refractivity contribution >= 4 is 57.2 Å². The third-order valence-corrected chi connectivity index (χ3v) is 19.2. The summed E-state index contributed by atoms with van der Waals surface area (Å²) in [6.07, 6.45) is 18.7. The van der Waals surface area contributed by atoms with Gasteiger partial charge in [0.2, 0.25) is 11.8 Å². The van der Waals surface area contributed by atoms with Crippen LogP contribution in [0.1, 0.15) is 147 Å². The van der Waals surface area contributed by atoms with Crippen LogP contribution in [0.5, 0.6) is 0 Å². The van der Waals surface area contributed by atoms with Crippen molar-refractivity contribution in [3.63, 3.8) is 0 Å². The molecule has 13 atom stereocenters. The summed E-state index contributed by atoms with van der Waals surface area (Å²) in [5, 5.41) is 5.60. The van der Waals surface area contributed by atoms with Gasteiger partial charge in [0, 0.05) is 12.1 Å². The predicted molar refractivity (Wildman–Crippen MR) is 297 cm³/mol. The van der Waals surface area contributed by atoms with Crippen LogP contribution in [0.4, 0.5) is 18.4 Å². The first kappa shape index (κ1) is 53.4. The Morgan fingerprint density at radius 1 is 0.756 bits per heavy atom. The third-order valence-electron chi connectivity index (χ3n) is 19.2. The predicted octanol–water partition coefficient (Wildman–Crippen LogP) is 12.1. The van der Waals surface area contributed by atoms with Crippen molar-refractivity contribution in [2.75, 3.05) is 26.6 Å². The highest BCUT2D eigenvalue weighted by atomic mass is 19.1. The summed E-state index contributed by atoms with van der Waals surface area (Å²) in [4.78, 5) is 75.8. The standard InChI is InChI=1S/C62H76F2N8O6/c1-7-38-17-19-39(35(4)40-20-22-47-49(29-40)67-57(65-47)51-31-42-10-8-12-44-36(5)53(59(73)71(51)55(42)44)69-61(75)77-26-24-63)18-15-33(2)14-16-34(3)46(28-38)41-21-23-48-50(30-41)68-58(66-48)52-32-43-11-9-13-45-37(6)54(60(74)72(52)56(43)45)70-62(76)78-27-25-64/h7,15,18,20-23,28-30,33,36-37,42-45,51-56H,3,8-14,16-17,19,24-27,31-32H2,1-2,4-6H3,(H,65,67)(H,66,68)(H,69,75)(H,70,76)/b18-15-,38-7-,39-35-,46-28+/t33-,36?,37?,42+,43+,44?,45?,51+,52+,53+,54+,55-,56-/m1/s1. The van der Waals surface area contributed by atoms with Crippen molar-refractivity contribution in [1.82, 2.24) is 40.4 Å². The van der Waals surface area contributed by atoms with Gasteiger partial charge in [-0.15, -0.1) is 0 Å². The molecule has 2 aromatic carbocycles. The number of piperidine rings is 2. The second-order valence-electron chi connectivity index (χ2n) is 23.6. The van der Waals surface area contributed by atoms with Gasteiger partial charge in [-0.2, -0.15) is 0 Å². The second-order valence-corrected chi connectivity index (χ2v) is 23.6. The van der Waals surface area contributed by atoms with Gasteiger partial charge >= 0.3 is 12.2 Å². The average Bonchev–Trinajstić information content (AvgIpc) is 4.45. The molecule has 0 radical (unpaired) electrons. The highest BCUT2D eigenvalue weighted by Crippen LogP contribution is 2.55. The van der Waals surface area contributed by atoms with E-state index in [1.165, 1.54) is 16.7 Å². The zero-order valence-electron chi connectivity index (χ0n) is 45.8. The van der Waals surface area contributed by atoms with E-state index in [0.717, 1.165) is 133 Å². The van der Waals surface area contributed by atoms with Crippen molar-refractivity contribution in [2.24, 2.45) is 41.4 Å². The first-order chi connectivity index (χ1) is 37.7. The molecule has 14 nitrogen and oxygen atoms in total. The molecule has 11 rings (SSSR count). The van der Waals surface area contributed by atoms with E-state index in [2.05, 4.69) is 109 Å². The van der Waals surface area contributed by atoms with Crippen molar-refractivity contribution in [1.29, 1.82) is 0 Å². The fraction of sp³-hybridized carbons (Fsp3) is 0.548. The molecule has 0 bridgehead atoms. The smallest absolute Gasteiger partial charge is 0.407 e. The molecule has 2 aromatic heterocycles. The zero-order chi connectivity index (χ0) is 54.5. The van der Waals surface area contributed by atoms with E-state index in [-0.39, 0.29) is 78.8 Å². The molecular weight excluding hydrogens is 991 g/mol. The molecule has 6 fully saturated rings. The minimum atomic E-state index is -0.784. The van der Waals surface area contributed by atoms with E-state index in [0.29, 0.717) is 11.8 Å². The van der Waals surface area contributed by atoms with Crippen LogP contribution < -0.4 is 10.6 Å². The van der Waals surface area contributed by atoms with Crippen LogP contribution in [0.3, 0.4) is 0 Å². The molecule has 3 aliphatic carbocycles. The number of rotatable bonds is 10. The largest absolute Gasteiger partial charge is 0.447 e. The van der Waals surface area contributed by atoms with Crippen LogP contribution in [0.25, 0.3) is 33.2 Å². The number of nitrogens with zero attached hydrogens (tertiary/aromatic N) is 4. The zero-order valence-corrected chi connectivity index (χ0v) is 45.8. The molecule has 414 valence electrons. The number of aromatic nitrogens is 4. The molecule has 4 N–H and O–H groups in total. The summed E-state index contributed by atoms with van der Waals surface area (Å²) in [6.45, 7) is 13.0. The number of halogens is 2. The van der Waals surface area contributed by atoms with Crippen LogP contribution in [0.2, 0.25) is 0 Å². The van der Waals surface area contributed by atoms with Crippen molar-refractivity contribution in [3.8, 4) is 0 Å². The Morgan fingerprint density at radius 3 is 1.86 bits per heavy atom. The van der Waals surface area contributed by atoms with Crippen LogP contribution >= 0.6 is 0 Å². The minimum Gasteiger partial charge on any atom is -0.447 e. The fourth-order valence-corrected chi connectivity index (χ4v) is 15.1. The number of nitrogens with one attached hydrogen (secondary N) is 4. The third kappa shape index (κ3) is 9.98. The van der Waals surface area contributed by atoms with Gasteiger partial charge < -0.3 is 39.9 Å². The van der Waals surface area contributed by atoms with Crippen molar-refractivity contribution in [2.45, 2.75) is 148 Å². The molecule has 78 heavy (non-hydrogen) atoms. The van der Waals surface area contributed by atoms with E-state index >= 15 is 0 Å². The summed E-state index contributed by atoms with van der Waals surface area (Å²) in [5.74, 6) is 2.54. The number of H-pyrrole nitrogens is 2. The van der Waals surface area contributed by atoms with E-state index in [1.807, 2.05) is 23.6 Å². The number of alkyl halides is 2. The maximum absolute atomic E-state index is 14.4. The minimum absolute atomic E-state index is 0.0719. The number of amides is 4. The van der Waals surface area contributed by atoms with Crippen LogP contribution in [-0.2, 0) is 19.1 Å². The molecule has 2 saturated carbocycles. The summed E-state index contributed by atoms with van der Waals surface area (Å²) in [6, 6.07) is 10.9. The molecule has 7 aliphatic rings. The average molecular weight is 1070 g/mol. The van der Waals surface area contributed by atoms with Gasteiger partial charge in [0.05, 0.1) is 34.2 Å². The summed E-state index contributed by atoms with van der Waals surface area (Å²) in [7, 11) is 0. The second kappa shape index (κ2) is 22.3. The molecule has 4 amide bonds. The van der Waals surface area contributed by atoms with E-state index < -0.39 is 37.6 Å². The van der Waals surface area contributed by atoms with E-state index in [4.69, 9.17) is 19.4 Å². The number of ether oxygens (including phenoxy) is 2. The molecule has 4 saturated heterocycles. The number of hydrogen-bond acceptors (Lipinski definition) is 8. The maximum Gasteiger partial charge on any atom is 0.407 e. The molecule has 4 unspecified atom stereocenters. The van der Waals surface area contributed by atoms with Gasteiger partial charge in [-0.3, -0.25) is 9.59 Å². The number of hydrogen-bond donors (Lipinski definition) is 4. The molecular formula is C62H76F2N8O6. The molecule has 4 aliphatic heterocycles. The summed E-state index contributed by atoms with van der Waals surface area (Å²) >= 11 is 0. The van der Waals surface area contributed by atoms with E-state index in [9.17, 15) is 28.0 Å². The Balaban J connectivity index is 0.834. The van der Waals surface area contributed by atoms with Gasteiger partial charge in [-0.1, -0.05) is 82.2 Å². The Kier molecular flexibility index (Phi) is 15.3. The van der Waals surface area contributed by atoms with Crippen molar-refractivity contribution in [3.05, 3.63) is 107 Å². The summed E-state index contributed by atoms with van der Waals surface area (Å²) < 4.78 is 35.8. The number of carbonyl (C=O) groups excluding carboxylic acids is 4. The number of alkyl carbamates (subject to hydrolysis) is 2. The van der Waals surface area contributed by atoms with Crippen molar-refractivity contribution < 1.29 is 37.4 Å². The normalized spacial score (nSPS) is 33.4. The number of carbonyl (C=O) groups is 4. The van der Waals surface area contributed by atoms with Gasteiger partial charge in [-0.05, 0) is 177 Å². The maximum atomic E-state index is 14.4. The SMILES string of the molecule is C=C1CC[C@@H](C)/C=C\C(=C(/C)c2ccc3[nH]c([C@@H]4C[C@@H]5CCCC6C(C)[C@H](NC(=O)OCCF)C(=O)N4[C@@H]65)nc3c2)CCC(=C/C)/C=C\1c1ccc2[nH]c([C@@H]3C[C@@H]4CCCC5C(C)[C@H](NC(=O)OCCF)C(=O)N3[C@@H]54)nc2c1. The quantitative estimate of drug-likeness (QED) is 0.121. The number of aromatic amines is 2. The number of allylic oxidation sites excluding steroid dienone is 9. The topological polar surface area (TPSA) is 175 Å². The lowest BCUT2D eigenvalue weighted by Gasteiger charge is -2.49. The van der Waals surface area contributed by atoms with Gasteiger partial charge in [0.15, 0.2) is 0 Å². The number of fused-ring (bicyclic) bond motifs is 2. The number of imidazole rings is 2. The Bertz CT molecular complexity index is 3120. The Hall–Kier alpha value is -6.58. The Morgan fingerprint density at radius 2 is 1.31 bits per heavy atom. The van der Waals surface area contributed by atoms with Crippen LogP contribution in [0.15, 0.2) is 84.0 Å². The van der Waals surface area contributed by atoms with Gasteiger partial charge in [0.25, 0.3) is 0 Å². The molecule has 16 heteroatoms. The first-order valence-corrected chi connectivity index (χ1v) is 28.8. The van der Waals surface area contributed by atoms with E-state index in [1.54, 1.807) is 0 Å². The monoisotopic (exact) mass is 1070 g/mol. The van der Waals surface area contributed by atoms with Crippen LogP contribution in [-0.4, -0.2) is 104 Å². The number of benzene rings is 2. The highest BCUT2D eigenvalue weighted by Gasteiger charge is 2.59. The fourth-order valence-electron chi connectivity index (χ4n) is 15.1. The lowest BCUT2D eigenvalue weighted by molar-refractivity contribution is -0.148. The molecule has 0 spiro atoms. The lowest BCUT2D eigenvalue weighted by atomic mass is 9.68. The van der Waals surface area contributed by atoms with Gasteiger partial charge in [-0.25, -0.2) is 28.3 Å². The molecule has 6 heterocycles. The molecule has 4 aromatic rings. The Labute approximate surface area is 456 Å². The highest BCUT2D eigenvalue weighted by molar-refractivity contribution is 5.90. The lowest BCUT2D eigenvalue weighted by Crippen LogP contribution is -2.63. The summed E-state index contributed by atoms with van der Waals surface area (Å²) in [5.41, 5.74) is 11.3. The first-order valence-electron chi connectivity index (χ1n) is 28.8. The van der Waals surface area contributed by atoms with Gasteiger partial charge in [0.1, 0.15) is 50.3 Å². The van der Waals surface area contributed by atoms with Crippen LogP contribution in [0, 0.1) is 41.4 Å².